The van der Waals surface area contributed by atoms with E-state index >= 15 is 0 Å². The van der Waals surface area contributed by atoms with Gasteiger partial charge in [-0.3, -0.25) is 14.5 Å². The first-order chi connectivity index (χ1) is 13.1. The van der Waals surface area contributed by atoms with Crippen molar-refractivity contribution >= 4 is 11.8 Å². The van der Waals surface area contributed by atoms with E-state index in [2.05, 4.69) is 20.9 Å². The first kappa shape index (κ1) is 18.4. The summed E-state index contributed by atoms with van der Waals surface area (Å²) in [7, 11) is 0. The molecule has 0 bridgehead atoms. The van der Waals surface area contributed by atoms with E-state index in [1.54, 1.807) is 12.1 Å². The van der Waals surface area contributed by atoms with E-state index in [9.17, 15) is 14.0 Å². The van der Waals surface area contributed by atoms with Crippen LogP contribution in [0.2, 0.25) is 0 Å². The molecule has 6 nitrogen and oxygen atoms in total. The Balaban J connectivity index is 1.29. The summed E-state index contributed by atoms with van der Waals surface area (Å²) in [5.41, 5.74) is 1.03. The lowest BCUT2D eigenvalue weighted by Crippen LogP contribution is -2.58. The molecule has 0 radical (unpaired) electrons. The van der Waals surface area contributed by atoms with Crippen LogP contribution in [0.3, 0.4) is 0 Å². The molecule has 3 aliphatic rings. The van der Waals surface area contributed by atoms with Crippen LogP contribution in [0, 0.1) is 5.82 Å². The fourth-order valence-corrected chi connectivity index (χ4v) is 4.08. The van der Waals surface area contributed by atoms with Crippen molar-refractivity contribution in [2.45, 2.75) is 62.8 Å². The van der Waals surface area contributed by atoms with Crippen molar-refractivity contribution in [3.8, 4) is 0 Å². The molecule has 1 aromatic carbocycles. The van der Waals surface area contributed by atoms with E-state index in [1.165, 1.54) is 12.1 Å². The first-order valence-electron chi connectivity index (χ1n) is 9.89. The number of hydrogen-bond donors (Lipinski definition) is 3. The van der Waals surface area contributed by atoms with Crippen molar-refractivity contribution in [3.05, 3.63) is 35.6 Å². The number of benzene rings is 1. The molecule has 4 rings (SSSR count). The number of nitrogens with zero attached hydrogens (tertiary/aromatic N) is 1. The summed E-state index contributed by atoms with van der Waals surface area (Å²) in [4.78, 5) is 26.5. The summed E-state index contributed by atoms with van der Waals surface area (Å²) in [5.74, 6) is -0.0297. The summed E-state index contributed by atoms with van der Waals surface area (Å²) in [5, 5.41) is 9.52. The average molecular weight is 374 g/mol. The van der Waals surface area contributed by atoms with Crippen LogP contribution in [0.25, 0.3) is 0 Å². The Bertz CT molecular complexity index is 692. The molecule has 0 unspecified atom stereocenters. The zero-order valence-corrected chi connectivity index (χ0v) is 15.4. The van der Waals surface area contributed by atoms with Gasteiger partial charge in [0.05, 0.1) is 6.04 Å². The van der Waals surface area contributed by atoms with Gasteiger partial charge in [-0.05, 0) is 43.4 Å². The second-order valence-corrected chi connectivity index (χ2v) is 7.93. The molecule has 27 heavy (non-hydrogen) atoms. The van der Waals surface area contributed by atoms with Gasteiger partial charge in [-0.1, -0.05) is 12.1 Å². The Morgan fingerprint density at radius 3 is 2.74 bits per heavy atom. The summed E-state index contributed by atoms with van der Waals surface area (Å²) >= 11 is 0. The van der Waals surface area contributed by atoms with Gasteiger partial charge in [0.25, 0.3) is 0 Å². The Morgan fingerprint density at radius 1 is 1.22 bits per heavy atom. The fraction of sp³-hybridized carbons (Fsp3) is 0.600. The molecular weight excluding hydrogens is 347 g/mol. The number of carbonyl (C=O) groups is 2. The molecule has 146 valence electrons. The normalized spacial score (nSPS) is 27.9. The molecule has 0 aromatic heterocycles. The molecule has 1 aliphatic carbocycles. The third-order valence-corrected chi connectivity index (χ3v) is 5.78. The van der Waals surface area contributed by atoms with Crippen LogP contribution in [0.1, 0.15) is 37.7 Å². The second-order valence-electron chi connectivity index (χ2n) is 7.93. The van der Waals surface area contributed by atoms with Crippen molar-refractivity contribution in [1.82, 2.24) is 20.9 Å². The molecule has 3 N–H and O–H groups in total. The molecule has 3 fully saturated rings. The van der Waals surface area contributed by atoms with Crippen molar-refractivity contribution in [1.29, 1.82) is 0 Å². The molecule has 1 saturated carbocycles. The number of hydrogen-bond acceptors (Lipinski definition) is 4. The van der Waals surface area contributed by atoms with Crippen LogP contribution >= 0.6 is 0 Å². The zero-order chi connectivity index (χ0) is 18.8. The highest BCUT2D eigenvalue weighted by Crippen LogP contribution is 2.26. The number of amides is 2. The molecule has 1 aromatic rings. The highest BCUT2D eigenvalue weighted by Gasteiger charge is 2.43. The van der Waals surface area contributed by atoms with Gasteiger partial charge in [-0.2, -0.15) is 0 Å². The predicted molar refractivity (Wildman–Crippen MR) is 99.3 cm³/mol. The minimum absolute atomic E-state index is 0.0831. The van der Waals surface area contributed by atoms with Gasteiger partial charge in [0.15, 0.2) is 0 Å². The van der Waals surface area contributed by atoms with E-state index in [-0.39, 0.29) is 35.8 Å². The molecule has 7 heteroatoms. The van der Waals surface area contributed by atoms with Gasteiger partial charge in [-0.15, -0.1) is 0 Å². The number of piperazine rings is 1. The molecule has 2 amide bonds. The second kappa shape index (κ2) is 7.94. The summed E-state index contributed by atoms with van der Waals surface area (Å²) < 4.78 is 13.0. The molecule has 2 heterocycles. The number of carbonyl (C=O) groups excluding carboxylic acids is 2. The maximum Gasteiger partial charge on any atom is 0.237 e. The van der Waals surface area contributed by atoms with E-state index in [4.69, 9.17) is 0 Å². The predicted octanol–water partition coefficient (Wildman–Crippen LogP) is 0.915. The summed E-state index contributed by atoms with van der Waals surface area (Å²) in [6.45, 7) is 2.06. The monoisotopic (exact) mass is 374 g/mol. The van der Waals surface area contributed by atoms with Gasteiger partial charge in [0.2, 0.25) is 11.8 Å². The lowest BCUT2D eigenvalue weighted by molar-refractivity contribution is -0.129. The number of halogens is 1. The van der Waals surface area contributed by atoms with Gasteiger partial charge in [-0.25, -0.2) is 4.39 Å². The zero-order valence-electron chi connectivity index (χ0n) is 15.4. The Labute approximate surface area is 158 Å². The van der Waals surface area contributed by atoms with Crippen LogP contribution in [0.5, 0.6) is 0 Å². The smallest absolute Gasteiger partial charge is 0.237 e. The van der Waals surface area contributed by atoms with Crippen molar-refractivity contribution in [3.63, 3.8) is 0 Å². The Morgan fingerprint density at radius 2 is 2.00 bits per heavy atom. The lowest BCUT2D eigenvalue weighted by atomic mass is 10.0. The largest absolute Gasteiger partial charge is 0.353 e. The molecule has 2 aliphatic heterocycles. The highest BCUT2D eigenvalue weighted by molar-refractivity contribution is 5.83. The molecule has 3 atom stereocenters. The Kier molecular flexibility index (Phi) is 5.41. The van der Waals surface area contributed by atoms with E-state index in [0.29, 0.717) is 25.6 Å². The fourth-order valence-electron chi connectivity index (χ4n) is 4.08. The van der Waals surface area contributed by atoms with Crippen LogP contribution < -0.4 is 16.0 Å². The first-order valence-corrected chi connectivity index (χ1v) is 9.89. The third kappa shape index (κ3) is 4.65. The Hall–Kier alpha value is -1.99. The maximum absolute atomic E-state index is 13.0. The van der Waals surface area contributed by atoms with Crippen molar-refractivity contribution < 1.29 is 14.0 Å². The number of fused-ring (bicyclic) bond motifs is 1. The number of nitrogens with one attached hydrogen (secondary N) is 3. The van der Waals surface area contributed by atoms with Gasteiger partial charge in [0.1, 0.15) is 5.82 Å². The lowest BCUT2D eigenvalue weighted by Gasteiger charge is -2.37. The minimum Gasteiger partial charge on any atom is -0.353 e. The summed E-state index contributed by atoms with van der Waals surface area (Å²) in [6, 6.07) is 7.17. The van der Waals surface area contributed by atoms with Gasteiger partial charge < -0.3 is 16.0 Å². The molecule has 0 spiro atoms. The van der Waals surface area contributed by atoms with E-state index in [1.807, 2.05) is 0 Å². The average Bonchev–Trinajstić information content (AvgIpc) is 3.36. The third-order valence-electron chi connectivity index (χ3n) is 5.78. The van der Waals surface area contributed by atoms with E-state index < -0.39 is 0 Å². The van der Waals surface area contributed by atoms with Crippen LogP contribution in [-0.2, 0) is 16.1 Å². The van der Waals surface area contributed by atoms with E-state index in [0.717, 1.165) is 37.8 Å². The maximum atomic E-state index is 13.0. The standard InChI is InChI=1S/C20H27FN4O2/c21-14-3-1-13(2-4-14)10-22-16-9-18-20(27)23-11-17(25(18)12-16)7-8-19(26)24-15-5-6-15/h1-4,15-18,22H,5-12H2,(H,23,27)(H,24,26)/t16-,17+,18-/m0/s1. The number of rotatable bonds is 7. The summed E-state index contributed by atoms with van der Waals surface area (Å²) in [6.07, 6.45) is 4.23. The SMILES string of the molecule is O=C(CC[C@@H]1CNC(=O)[C@@H]2C[C@H](NCc3ccc(F)cc3)CN12)NC1CC1. The van der Waals surface area contributed by atoms with Crippen molar-refractivity contribution in [2.24, 2.45) is 0 Å². The molecular formula is C20H27FN4O2. The van der Waals surface area contributed by atoms with Gasteiger partial charge >= 0.3 is 0 Å². The van der Waals surface area contributed by atoms with Crippen molar-refractivity contribution in [2.75, 3.05) is 13.1 Å². The topological polar surface area (TPSA) is 73.5 Å². The van der Waals surface area contributed by atoms with Crippen LogP contribution in [0.4, 0.5) is 4.39 Å². The molecule has 2 saturated heterocycles. The minimum atomic E-state index is -0.234. The highest BCUT2D eigenvalue weighted by atomic mass is 19.1. The van der Waals surface area contributed by atoms with Gasteiger partial charge in [0, 0.05) is 44.2 Å². The van der Waals surface area contributed by atoms with Crippen LogP contribution in [0.15, 0.2) is 24.3 Å². The van der Waals surface area contributed by atoms with Crippen LogP contribution in [-0.4, -0.2) is 54.0 Å². The quantitative estimate of drug-likeness (QED) is 0.664.